The lowest BCUT2D eigenvalue weighted by atomic mass is 10.1. The number of nitrogens with zero attached hydrogens (tertiary/aromatic N) is 2. The van der Waals surface area contributed by atoms with Gasteiger partial charge in [0.25, 0.3) is 0 Å². The highest BCUT2D eigenvalue weighted by molar-refractivity contribution is 5.99. The van der Waals surface area contributed by atoms with Gasteiger partial charge in [0.2, 0.25) is 5.88 Å². The van der Waals surface area contributed by atoms with E-state index in [1.807, 2.05) is 0 Å². The van der Waals surface area contributed by atoms with Crippen LogP contribution in [0.3, 0.4) is 0 Å². The van der Waals surface area contributed by atoms with E-state index in [1.165, 1.54) is 30.5 Å². The molecule has 0 saturated heterocycles. The second-order valence-corrected chi connectivity index (χ2v) is 7.28. The maximum atomic E-state index is 12.3. The quantitative estimate of drug-likeness (QED) is 0.336. The van der Waals surface area contributed by atoms with Crippen molar-refractivity contribution >= 4 is 28.3 Å². The molecule has 174 valence electrons. The molecule has 4 aromatic rings. The Morgan fingerprint density at radius 1 is 1.06 bits per heavy atom. The molecule has 0 bridgehead atoms. The van der Waals surface area contributed by atoms with Gasteiger partial charge in [-0.2, -0.15) is 8.78 Å². The number of carbonyl (C=O) groups is 2. The average Bonchev–Trinajstić information content (AvgIpc) is 3.15. The largest absolute Gasteiger partial charge is 0.477 e. The fourth-order valence-corrected chi connectivity index (χ4v) is 3.35. The Morgan fingerprint density at radius 2 is 1.79 bits per heavy atom. The van der Waals surface area contributed by atoms with Crippen molar-refractivity contribution in [2.24, 2.45) is 7.05 Å². The Bertz CT molecular complexity index is 1340. The molecule has 0 atom stereocenters. The lowest BCUT2D eigenvalue weighted by Crippen LogP contribution is -2.14. The summed E-state index contributed by atoms with van der Waals surface area (Å²) in [6, 6.07) is 15.6. The second kappa shape index (κ2) is 9.57. The minimum absolute atomic E-state index is 0.0205. The lowest BCUT2D eigenvalue weighted by Gasteiger charge is -2.09. The van der Waals surface area contributed by atoms with E-state index >= 15 is 0 Å². The van der Waals surface area contributed by atoms with E-state index in [2.05, 4.69) is 15.0 Å². The van der Waals surface area contributed by atoms with E-state index < -0.39 is 12.6 Å². The number of hydrogen-bond donors (Lipinski definition) is 2. The summed E-state index contributed by atoms with van der Waals surface area (Å²) in [6.07, 6.45) is 1.51. The van der Waals surface area contributed by atoms with Gasteiger partial charge in [0, 0.05) is 30.1 Å². The SMILES string of the molecule is Cn1c(C(=O)O)cc2ccc(Oc3ccc(NCC(=O)c4ccc(OC(F)F)cc4)cn3)cc21. The van der Waals surface area contributed by atoms with Crippen molar-refractivity contribution in [2.75, 3.05) is 11.9 Å². The fourth-order valence-electron chi connectivity index (χ4n) is 3.35. The zero-order valence-corrected chi connectivity index (χ0v) is 17.9. The van der Waals surface area contributed by atoms with Crippen LogP contribution >= 0.6 is 0 Å². The first-order valence-corrected chi connectivity index (χ1v) is 10.1. The van der Waals surface area contributed by atoms with E-state index in [0.717, 1.165) is 5.39 Å². The Balaban J connectivity index is 1.36. The first-order valence-electron chi connectivity index (χ1n) is 10.1. The van der Waals surface area contributed by atoms with E-state index in [-0.39, 0.29) is 23.8 Å². The number of Topliss-reactive ketones (excluding diaryl/α,β-unsaturated/α-hetero) is 1. The maximum Gasteiger partial charge on any atom is 0.387 e. The Morgan fingerprint density at radius 3 is 2.44 bits per heavy atom. The van der Waals surface area contributed by atoms with Gasteiger partial charge in [0.05, 0.1) is 23.9 Å². The van der Waals surface area contributed by atoms with Crippen molar-refractivity contribution in [3.05, 3.63) is 78.1 Å². The van der Waals surface area contributed by atoms with Gasteiger partial charge in [-0.3, -0.25) is 4.79 Å². The van der Waals surface area contributed by atoms with Crippen LogP contribution in [0.15, 0.2) is 66.9 Å². The molecule has 8 nitrogen and oxygen atoms in total. The van der Waals surface area contributed by atoms with Crippen molar-refractivity contribution in [1.82, 2.24) is 9.55 Å². The molecule has 4 rings (SSSR count). The predicted octanol–water partition coefficient (Wildman–Crippen LogP) is 4.96. The summed E-state index contributed by atoms with van der Waals surface area (Å²) < 4.78 is 36.0. The van der Waals surface area contributed by atoms with Crippen LogP contribution in [0.1, 0.15) is 20.8 Å². The minimum Gasteiger partial charge on any atom is -0.477 e. The number of hydrogen-bond acceptors (Lipinski definition) is 6. The molecule has 0 amide bonds. The topological polar surface area (TPSA) is 103 Å². The summed E-state index contributed by atoms with van der Waals surface area (Å²) in [7, 11) is 1.67. The summed E-state index contributed by atoms with van der Waals surface area (Å²) in [5.41, 5.74) is 1.82. The molecule has 2 aromatic heterocycles. The fraction of sp³-hybridized carbons (Fsp3) is 0.125. The predicted molar refractivity (Wildman–Crippen MR) is 120 cm³/mol. The Kier molecular flexibility index (Phi) is 6.39. The molecule has 0 radical (unpaired) electrons. The number of fused-ring (bicyclic) bond motifs is 1. The molecule has 0 spiro atoms. The molecule has 34 heavy (non-hydrogen) atoms. The van der Waals surface area contributed by atoms with Gasteiger partial charge in [-0.15, -0.1) is 0 Å². The van der Waals surface area contributed by atoms with Crippen LogP contribution in [0.5, 0.6) is 17.4 Å². The standard InChI is InChI=1S/C24H19F2N3O5/c1-29-19-11-18(8-4-15(19)10-20(29)23(31)32)33-22-9-5-16(12-28-22)27-13-21(30)14-2-6-17(7-3-14)34-24(25)26/h2-12,24,27H,13H2,1H3,(H,31,32). The molecule has 0 unspecified atom stereocenters. The first-order chi connectivity index (χ1) is 16.3. The van der Waals surface area contributed by atoms with Crippen LogP contribution < -0.4 is 14.8 Å². The third-order valence-corrected chi connectivity index (χ3v) is 5.05. The van der Waals surface area contributed by atoms with Crippen LogP contribution in [0.4, 0.5) is 14.5 Å². The number of ketones is 1. The molecule has 0 saturated carbocycles. The van der Waals surface area contributed by atoms with Gasteiger partial charge < -0.3 is 24.5 Å². The van der Waals surface area contributed by atoms with Crippen LogP contribution in [-0.2, 0) is 7.05 Å². The normalized spacial score (nSPS) is 10.9. The summed E-state index contributed by atoms with van der Waals surface area (Å²) in [5, 5.41) is 13.0. The monoisotopic (exact) mass is 467 g/mol. The van der Waals surface area contributed by atoms with E-state index in [1.54, 1.807) is 48.0 Å². The van der Waals surface area contributed by atoms with Gasteiger partial charge >= 0.3 is 12.6 Å². The molecule has 0 aliphatic heterocycles. The summed E-state index contributed by atoms with van der Waals surface area (Å²) >= 11 is 0. The third-order valence-electron chi connectivity index (χ3n) is 5.05. The number of alkyl halides is 2. The number of ether oxygens (including phenoxy) is 2. The van der Waals surface area contributed by atoms with Crippen molar-refractivity contribution in [2.45, 2.75) is 6.61 Å². The molecule has 0 fully saturated rings. The number of aryl methyl sites for hydroxylation is 1. The van der Waals surface area contributed by atoms with Crippen molar-refractivity contribution in [3.8, 4) is 17.4 Å². The first kappa shape index (κ1) is 22.7. The molecule has 0 aliphatic rings. The van der Waals surface area contributed by atoms with Crippen LogP contribution in [0.25, 0.3) is 10.9 Å². The molecule has 2 heterocycles. The molecule has 0 aliphatic carbocycles. The Labute approximate surface area is 192 Å². The minimum atomic E-state index is -2.92. The van der Waals surface area contributed by atoms with E-state index in [0.29, 0.717) is 28.4 Å². The highest BCUT2D eigenvalue weighted by atomic mass is 19.3. The van der Waals surface area contributed by atoms with Crippen molar-refractivity contribution < 1.29 is 33.0 Å². The highest BCUT2D eigenvalue weighted by Gasteiger charge is 2.13. The molecule has 2 N–H and O–H groups in total. The number of nitrogens with one attached hydrogen (secondary N) is 1. The number of benzene rings is 2. The maximum absolute atomic E-state index is 12.3. The number of aromatic nitrogens is 2. The second-order valence-electron chi connectivity index (χ2n) is 7.28. The third kappa shape index (κ3) is 5.12. The van der Waals surface area contributed by atoms with Gasteiger partial charge in [-0.25, -0.2) is 9.78 Å². The number of carbonyl (C=O) groups excluding carboxylic acids is 1. The average molecular weight is 467 g/mol. The van der Waals surface area contributed by atoms with Crippen LogP contribution in [-0.4, -0.2) is 39.6 Å². The zero-order chi connectivity index (χ0) is 24.2. The van der Waals surface area contributed by atoms with Gasteiger partial charge in [-0.05, 0) is 48.5 Å². The number of aromatic carboxylic acids is 1. The number of halogens is 2. The molecular weight excluding hydrogens is 448 g/mol. The van der Waals surface area contributed by atoms with Gasteiger partial charge in [0.15, 0.2) is 5.78 Å². The smallest absolute Gasteiger partial charge is 0.387 e. The molecule has 2 aromatic carbocycles. The van der Waals surface area contributed by atoms with Gasteiger partial charge in [-0.1, -0.05) is 0 Å². The van der Waals surface area contributed by atoms with E-state index in [9.17, 15) is 23.5 Å². The zero-order valence-electron chi connectivity index (χ0n) is 17.9. The number of rotatable bonds is 9. The molecular formula is C24H19F2N3O5. The summed E-state index contributed by atoms with van der Waals surface area (Å²) in [6.45, 7) is -2.94. The summed E-state index contributed by atoms with van der Waals surface area (Å²) in [4.78, 5) is 27.8. The van der Waals surface area contributed by atoms with E-state index in [4.69, 9.17) is 4.74 Å². The number of anilines is 1. The van der Waals surface area contributed by atoms with Crippen LogP contribution in [0, 0.1) is 0 Å². The van der Waals surface area contributed by atoms with Gasteiger partial charge in [0.1, 0.15) is 17.2 Å². The molecule has 10 heteroatoms. The highest BCUT2D eigenvalue weighted by Crippen LogP contribution is 2.27. The van der Waals surface area contributed by atoms with Crippen molar-refractivity contribution in [3.63, 3.8) is 0 Å². The summed E-state index contributed by atoms with van der Waals surface area (Å²) in [5.74, 6) is -0.456. The number of carboxylic acid groups (broad SMARTS) is 1. The number of pyridine rings is 1. The lowest BCUT2D eigenvalue weighted by molar-refractivity contribution is -0.0498. The Hall–Kier alpha value is -4.47. The number of carboxylic acids is 1. The van der Waals surface area contributed by atoms with Crippen molar-refractivity contribution in [1.29, 1.82) is 0 Å². The van der Waals surface area contributed by atoms with Crippen LogP contribution in [0.2, 0.25) is 0 Å².